The van der Waals surface area contributed by atoms with E-state index in [4.69, 9.17) is 19.0 Å². The van der Waals surface area contributed by atoms with E-state index in [0.717, 1.165) is 0 Å². The summed E-state index contributed by atoms with van der Waals surface area (Å²) in [5.41, 5.74) is 0. The topological polar surface area (TPSA) is 63.2 Å². The molecular formula is C8H14NO5-. The summed E-state index contributed by atoms with van der Waals surface area (Å²) in [5.74, 6) is 0. The van der Waals surface area contributed by atoms with Crippen LogP contribution in [0.25, 0.3) is 0 Å². The summed E-state index contributed by atoms with van der Waals surface area (Å²) in [6.45, 7) is 0.871. The van der Waals surface area contributed by atoms with Crippen molar-refractivity contribution in [3.8, 4) is 0 Å². The van der Waals surface area contributed by atoms with Gasteiger partial charge < -0.3 is 24.3 Å². The first-order valence-electron chi connectivity index (χ1n) is 4.56. The monoisotopic (exact) mass is 204 g/mol. The zero-order valence-electron chi connectivity index (χ0n) is 8.21. The van der Waals surface area contributed by atoms with E-state index in [1.165, 1.54) is 7.05 Å². The molecule has 2 saturated heterocycles. The van der Waals surface area contributed by atoms with Crippen molar-refractivity contribution in [3.63, 3.8) is 0 Å². The molecule has 0 aromatic carbocycles. The normalized spacial score (nSPS) is 42.0. The smallest absolute Gasteiger partial charge is 0.130 e. The second-order valence-corrected chi connectivity index (χ2v) is 3.45. The molecule has 0 amide bonds. The minimum atomic E-state index is -0.317. The van der Waals surface area contributed by atoms with E-state index in [9.17, 15) is 5.21 Å². The molecule has 2 fully saturated rings. The number of hydrogen-bond acceptors (Lipinski definition) is 6. The molecule has 4 unspecified atom stereocenters. The highest BCUT2D eigenvalue weighted by atomic mass is 16.9. The highest BCUT2D eigenvalue weighted by Gasteiger charge is 2.48. The second kappa shape index (κ2) is 4.09. The maximum absolute atomic E-state index is 10.7. The molecule has 2 aliphatic rings. The van der Waals surface area contributed by atoms with Gasteiger partial charge in [0, 0.05) is 7.11 Å². The van der Waals surface area contributed by atoms with Gasteiger partial charge in [0.2, 0.25) is 0 Å². The summed E-state index contributed by atoms with van der Waals surface area (Å²) < 4.78 is 16.1. The van der Waals surface area contributed by atoms with Gasteiger partial charge in [-0.15, -0.1) is 0 Å². The molecule has 0 aromatic rings. The molecule has 6 nitrogen and oxygen atoms in total. The Bertz CT molecular complexity index is 200. The molecule has 2 aliphatic heterocycles. The van der Waals surface area contributed by atoms with Crippen molar-refractivity contribution < 1.29 is 19.0 Å². The van der Waals surface area contributed by atoms with E-state index in [1.807, 2.05) is 0 Å². The van der Waals surface area contributed by atoms with E-state index < -0.39 is 0 Å². The van der Waals surface area contributed by atoms with Gasteiger partial charge in [-0.3, -0.25) is 5.23 Å². The van der Waals surface area contributed by atoms with E-state index in [2.05, 4.69) is 0 Å². The molecule has 4 atom stereocenters. The van der Waals surface area contributed by atoms with Crippen LogP contribution in [0.15, 0.2) is 0 Å². The number of nitrogens with zero attached hydrogens (tertiary/aromatic N) is 1. The average Bonchev–Trinajstić information content (AvgIpc) is 2.67. The Labute approximate surface area is 82.2 Å². The van der Waals surface area contributed by atoms with Crippen LogP contribution in [-0.2, 0) is 19.0 Å². The SMILES string of the molecule is COC1COC2C(ON(C)[O-])COC12. The Morgan fingerprint density at radius 3 is 2.36 bits per heavy atom. The van der Waals surface area contributed by atoms with E-state index in [-0.39, 0.29) is 24.4 Å². The third-order valence-corrected chi connectivity index (χ3v) is 2.55. The minimum absolute atomic E-state index is 0.0504. The van der Waals surface area contributed by atoms with Gasteiger partial charge in [-0.05, 0) is 7.05 Å². The Morgan fingerprint density at radius 2 is 1.79 bits per heavy atom. The maximum atomic E-state index is 10.7. The fourth-order valence-electron chi connectivity index (χ4n) is 1.91. The lowest BCUT2D eigenvalue weighted by Crippen LogP contribution is -2.35. The molecule has 0 aromatic heterocycles. The molecular weight excluding hydrogens is 190 g/mol. The van der Waals surface area contributed by atoms with Crippen molar-refractivity contribution in [1.82, 2.24) is 5.23 Å². The molecule has 14 heavy (non-hydrogen) atoms. The first kappa shape index (κ1) is 10.3. The molecule has 0 radical (unpaired) electrons. The van der Waals surface area contributed by atoms with Gasteiger partial charge in [-0.2, -0.15) is 0 Å². The van der Waals surface area contributed by atoms with Crippen LogP contribution in [0.3, 0.4) is 0 Å². The molecule has 0 N–H and O–H groups in total. The molecule has 6 heteroatoms. The third-order valence-electron chi connectivity index (χ3n) is 2.55. The number of ether oxygens (including phenoxy) is 3. The number of fused-ring (bicyclic) bond motifs is 1. The third kappa shape index (κ3) is 1.77. The number of methoxy groups -OCH3 is 1. The van der Waals surface area contributed by atoms with Crippen molar-refractivity contribution >= 4 is 0 Å². The Hall–Kier alpha value is -0.240. The fraction of sp³-hybridized carbons (Fsp3) is 1.00. The van der Waals surface area contributed by atoms with Gasteiger partial charge in [0.25, 0.3) is 0 Å². The highest BCUT2D eigenvalue weighted by molar-refractivity contribution is 4.95. The lowest BCUT2D eigenvalue weighted by atomic mass is 10.1. The predicted octanol–water partition coefficient (Wildman–Crippen LogP) is -0.471. The molecule has 0 spiro atoms. The summed E-state index contributed by atoms with van der Waals surface area (Å²) in [5, 5.41) is 11.1. The predicted molar refractivity (Wildman–Crippen MR) is 46.3 cm³/mol. The Balaban J connectivity index is 1.94. The highest BCUT2D eigenvalue weighted by Crippen LogP contribution is 2.30. The van der Waals surface area contributed by atoms with Crippen LogP contribution in [0.2, 0.25) is 0 Å². The van der Waals surface area contributed by atoms with E-state index in [1.54, 1.807) is 7.11 Å². The van der Waals surface area contributed by atoms with Gasteiger partial charge in [0.05, 0.1) is 13.2 Å². The van der Waals surface area contributed by atoms with Crippen LogP contribution in [-0.4, -0.2) is 57.0 Å². The van der Waals surface area contributed by atoms with Gasteiger partial charge in [0.1, 0.15) is 24.4 Å². The number of hydrogen-bond donors (Lipinski definition) is 0. The van der Waals surface area contributed by atoms with Crippen LogP contribution in [0.4, 0.5) is 0 Å². The van der Waals surface area contributed by atoms with Crippen LogP contribution in [0.5, 0.6) is 0 Å². The number of rotatable bonds is 3. The standard InChI is InChI=1S/C8H14NO5/c1-9(10)14-6-4-13-7-5(11-2)3-12-8(6)7/h5-8H,3-4H2,1-2H3/q-1. The first-order chi connectivity index (χ1) is 6.72. The fourth-order valence-corrected chi connectivity index (χ4v) is 1.91. The largest absolute Gasteiger partial charge is 0.762 e. The summed E-state index contributed by atoms with van der Waals surface area (Å²) in [7, 11) is 2.92. The van der Waals surface area contributed by atoms with Crippen molar-refractivity contribution in [2.45, 2.75) is 24.4 Å². The van der Waals surface area contributed by atoms with Crippen molar-refractivity contribution in [3.05, 3.63) is 5.21 Å². The molecule has 0 saturated carbocycles. The summed E-state index contributed by atoms with van der Waals surface area (Å²) in [6.07, 6.45) is -0.658. The van der Waals surface area contributed by atoms with Crippen LogP contribution in [0.1, 0.15) is 0 Å². The number of hydroxylamine groups is 2. The molecule has 2 heterocycles. The molecule has 0 aliphatic carbocycles. The summed E-state index contributed by atoms with van der Waals surface area (Å²) in [4.78, 5) is 4.99. The average molecular weight is 204 g/mol. The Morgan fingerprint density at radius 1 is 1.21 bits per heavy atom. The van der Waals surface area contributed by atoms with Gasteiger partial charge >= 0.3 is 0 Å². The van der Waals surface area contributed by atoms with Crippen LogP contribution >= 0.6 is 0 Å². The lowest BCUT2D eigenvalue weighted by Gasteiger charge is -2.27. The lowest BCUT2D eigenvalue weighted by molar-refractivity contribution is -0.174. The van der Waals surface area contributed by atoms with Crippen LogP contribution in [0, 0.1) is 5.21 Å². The van der Waals surface area contributed by atoms with Crippen LogP contribution < -0.4 is 0 Å². The minimum Gasteiger partial charge on any atom is -0.762 e. The zero-order chi connectivity index (χ0) is 10.1. The molecule has 82 valence electrons. The second-order valence-electron chi connectivity index (χ2n) is 3.45. The van der Waals surface area contributed by atoms with E-state index in [0.29, 0.717) is 18.4 Å². The maximum Gasteiger partial charge on any atom is 0.130 e. The quantitative estimate of drug-likeness (QED) is 0.579. The van der Waals surface area contributed by atoms with Gasteiger partial charge in [0.15, 0.2) is 0 Å². The zero-order valence-corrected chi connectivity index (χ0v) is 8.21. The Kier molecular flexibility index (Phi) is 3.01. The summed E-state index contributed by atoms with van der Waals surface area (Å²) >= 11 is 0. The van der Waals surface area contributed by atoms with Gasteiger partial charge in [-0.25, -0.2) is 0 Å². The van der Waals surface area contributed by atoms with Crippen molar-refractivity contribution in [2.24, 2.45) is 0 Å². The molecule has 0 bridgehead atoms. The van der Waals surface area contributed by atoms with Gasteiger partial charge in [-0.1, -0.05) is 0 Å². The van der Waals surface area contributed by atoms with Crippen molar-refractivity contribution in [1.29, 1.82) is 0 Å². The van der Waals surface area contributed by atoms with E-state index >= 15 is 0 Å². The molecule has 2 rings (SSSR count). The first-order valence-corrected chi connectivity index (χ1v) is 4.56. The van der Waals surface area contributed by atoms with Crippen molar-refractivity contribution in [2.75, 3.05) is 27.4 Å². The summed E-state index contributed by atoms with van der Waals surface area (Å²) in [6, 6.07) is 0.